The van der Waals surface area contributed by atoms with E-state index < -0.39 is 0 Å². The number of urea groups is 1. The van der Waals surface area contributed by atoms with Gasteiger partial charge in [0.05, 0.1) is 10.7 Å². The van der Waals surface area contributed by atoms with Crippen molar-refractivity contribution in [3.05, 3.63) is 28.8 Å². The van der Waals surface area contributed by atoms with Crippen LogP contribution >= 0.6 is 11.6 Å². The average Bonchev–Trinajstić information content (AvgIpc) is 2.37. The molecule has 2 N–H and O–H groups in total. The van der Waals surface area contributed by atoms with Crippen LogP contribution in [0.1, 0.15) is 12.5 Å². The first-order valence-electron chi connectivity index (χ1n) is 6.03. The number of hydrogen-bond donors (Lipinski definition) is 2. The summed E-state index contributed by atoms with van der Waals surface area (Å²) in [6.45, 7) is 4.39. The lowest BCUT2D eigenvalue weighted by Crippen LogP contribution is -2.46. The number of nitrogens with one attached hydrogen (secondary N) is 2. The molecule has 0 atom stereocenters. The number of aliphatic imine (C=N–C) groups is 1. The van der Waals surface area contributed by atoms with Gasteiger partial charge < -0.3 is 5.32 Å². The molecule has 5 nitrogen and oxygen atoms in total. The normalized spacial score (nSPS) is 11.1. The lowest BCUT2D eigenvalue weighted by Gasteiger charge is -2.21. The van der Waals surface area contributed by atoms with Crippen LogP contribution in [0, 0.1) is 6.92 Å². The Hall–Kier alpha value is -1.75. The highest BCUT2D eigenvalue weighted by Crippen LogP contribution is 2.28. The lowest BCUT2D eigenvalue weighted by molar-refractivity contribution is 0.251. The maximum Gasteiger partial charge on any atom is 0.328 e. The molecular formula is C13H19ClN4O. The minimum Gasteiger partial charge on any atom is -0.359 e. The quantitative estimate of drug-likeness (QED) is 0.646. The maximum atomic E-state index is 12.1. The molecule has 0 spiro atoms. The highest BCUT2D eigenvalue weighted by Gasteiger charge is 2.16. The summed E-state index contributed by atoms with van der Waals surface area (Å²) in [6, 6.07) is 5.22. The lowest BCUT2D eigenvalue weighted by atomic mass is 10.2. The van der Waals surface area contributed by atoms with Gasteiger partial charge in [-0.15, -0.1) is 0 Å². The fraction of sp³-hybridized carbons (Fsp3) is 0.385. The minimum absolute atomic E-state index is 0.294. The van der Waals surface area contributed by atoms with E-state index in [9.17, 15) is 4.79 Å². The Labute approximate surface area is 118 Å². The number of aryl methyl sites for hydroxylation is 1. The van der Waals surface area contributed by atoms with E-state index >= 15 is 0 Å². The van der Waals surface area contributed by atoms with Crippen molar-refractivity contribution in [2.45, 2.75) is 13.8 Å². The van der Waals surface area contributed by atoms with Crippen molar-refractivity contribution in [1.29, 1.82) is 0 Å². The predicted molar refractivity (Wildman–Crippen MR) is 80.2 cm³/mol. The summed E-state index contributed by atoms with van der Waals surface area (Å²) in [5.41, 5.74) is 1.62. The SMILES string of the molecule is CCN=C(NC)NC(=O)N(C)c1c(C)cccc1Cl. The standard InChI is InChI=1S/C13H19ClN4O/c1-5-16-12(15-3)17-13(19)18(4)11-9(2)7-6-8-10(11)14/h6-8H,5H2,1-4H3,(H2,15,16,17,19). The van der Waals surface area contributed by atoms with E-state index in [-0.39, 0.29) is 6.03 Å². The summed E-state index contributed by atoms with van der Waals surface area (Å²) in [7, 11) is 3.37. The molecule has 0 aliphatic carbocycles. The zero-order valence-electron chi connectivity index (χ0n) is 11.6. The van der Waals surface area contributed by atoms with Crippen LogP contribution in [0.3, 0.4) is 0 Å². The third-order valence-corrected chi connectivity index (χ3v) is 2.91. The first-order chi connectivity index (χ1) is 9.01. The number of halogens is 1. The van der Waals surface area contributed by atoms with Crippen molar-refractivity contribution in [1.82, 2.24) is 10.6 Å². The van der Waals surface area contributed by atoms with Crippen molar-refractivity contribution in [2.75, 3.05) is 25.5 Å². The van der Waals surface area contributed by atoms with Gasteiger partial charge in [-0.05, 0) is 25.5 Å². The zero-order chi connectivity index (χ0) is 14.4. The number of carbonyl (C=O) groups excluding carboxylic acids is 1. The molecule has 0 saturated heterocycles. The summed E-state index contributed by atoms with van der Waals surface area (Å²) < 4.78 is 0. The van der Waals surface area contributed by atoms with E-state index in [2.05, 4.69) is 15.6 Å². The molecule has 2 amide bonds. The largest absolute Gasteiger partial charge is 0.359 e. The molecule has 19 heavy (non-hydrogen) atoms. The monoisotopic (exact) mass is 282 g/mol. The van der Waals surface area contributed by atoms with Crippen molar-refractivity contribution < 1.29 is 4.79 Å². The minimum atomic E-state index is -0.294. The number of benzene rings is 1. The Balaban J connectivity index is 2.91. The number of hydrogen-bond acceptors (Lipinski definition) is 2. The van der Waals surface area contributed by atoms with Crippen molar-refractivity contribution in [3.63, 3.8) is 0 Å². The van der Waals surface area contributed by atoms with Crippen LogP contribution in [-0.4, -0.2) is 32.6 Å². The molecule has 0 unspecified atom stereocenters. The molecule has 1 aromatic carbocycles. The highest BCUT2D eigenvalue weighted by molar-refractivity contribution is 6.34. The Morgan fingerprint density at radius 3 is 2.68 bits per heavy atom. The number of carbonyl (C=O) groups is 1. The molecule has 0 saturated carbocycles. The number of rotatable bonds is 2. The maximum absolute atomic E-state index is 12.1. The second kappa shape index (κ2) is 6.99. The van der Waals surface area contributed by atoms with Crippen LogP contribution in [-0.2, 0) is 0 Å². The molecule has 1 aromatic rings. The molecule has 104 valence electrons. The first-order valence-corrected chi connectivity index (χ1v) is 6.41. The Bertz CT molecular complexity index is 467. The van der Waals surface area contributed by atoms with E-state index in [1.54, 1.807) is 20.2 Å². The van der Waals surface area contributed by atoms with Crippen molar-refractivity contribution in [2.24, 2.45) is 4.99 Å². The van der Waals surface area contributed by atoms with Crippen LogP contribution in [0.4, 0.5) is 10.5 Å². The molecule has 6 heteroatoms. The van der Waals surface area contributed by atoms with Gasteiger partial charge in [-0.1, -0.05) is 23.7 Å². The van der Waals surface area contributed by atoms with Gasteiger partial charge in [0.1, 0.15) is 0 Å². The molecule has 0 aromatic heterocycles. The van der Waals surface area contributed by atoms with Gasteiger partial charge in [0.2, 0.25) is 0 Å². The fourth-order valence-corrected chi connectivity index (χ4v) is 2.02. The van der Waals surface area contributed by atoms with Crippen molar-refractivity contribution in [3.8, 4) is 0 Å². The van der Waals surface area contributed by atoms with Gasteiger partial charge in [-0.3, -0.25) is 15.2 Å². The summed E-state index contributed by atoms with van der Waals surface area (Å²) in [4.78, 5) is 17.7. The van der Waals surface area contributed by atoms with Gasteiger partial charge in [0.25, 0.3) is 0 Å². The Morgan fingerprint density at radius 2 is 2.16 bits per heavy atom. The molecule has 1 rings (SSSR count). The average molecular weight is 283 g/mol. The molecule has 0 aliphatic heterocycles. The van der Waals surface area contributed by atoms with Crippen LogP contribution in [0.25, 0.3) is 0 Å². The number of anilines is 1. The van der Waals surface area contributed by atoms with Gasteiger partial charge in [-0.2, -0.15) is 0 Å². The second-order valence-corrected chi connectivity index (χ2v) is 4.37. The first kappa shape index (κ1) is 15.3. The number of amides is 2. The van der Waals surface area contributed by atoms with E-state index in [1.165, 1.54) is 4.90 Å². The number of nitrogens with zero attached hydrogens (tertiary/aromatic N) is 2. The summed E-state index contributed by atoms with van der Waals surface area (Å²) in [5.74, 6) is 0.434. The molecule has 0 bridgehead atoms. The van der Waals surface area contributed by atoms with Gasteiger partial charge in [0, 0.05) is 20.6 Å². The zero-order valence-corrected chi connectivity index (χ0v) is 12.4. The van der Waals surface area contributed by atoms with E-state index in [4.69, 9.17) is 11.6 Å². The predicted octanol–water partition coefficient (Wildman–Crippen LogP) is 2.39. The Kier molecular flexibility index (Phi) is 5.63. The van der Waals surface area contributed by atoms with Crippen LogP contribution in [0.5, 0.6) is 0 Å². The number of guanidine groups is 1. The van der Waals surface area contributed by atoms with Gasteiger partial charge in [0.15, 0.2) is 5.96 Å². The topological polar surface area (TPSA) is 56.7 Å². The molecule has 0 aliphatic rings. The third-order valence-electron chi connectivity index (χ3n) is 2.61. The van der Waals surface area contributed by atoms with E-state index in [0.717, 1.165) is 5.56 Å². The van der Waals surface area contributed by atoms with E-state index in [0.29, 0.717) is 23.2 Å². The fourth-order valence-electron chi connectivity index (χ4n) is 1.67. The van der Waals surface area contributed by atoms with E-state index in [1.807, 2.05) is 26.0 Å². The molecule has 0 fully saturated rings. The van der Waals surface area contributed by atoms with Crippen molar-refractivity contribution >= 4 is 29.3 Å². The number of para-hydroxylation sites is 1. The summed E-state index contributed by atoms with van der Waals surface area (Å²) in [5, 5.41) is 6.05. The van der Waals surface area contributed by atoms with Crippen LogP contribution < -0.4 is 15.5 Å². The third kappa shape index (κ3) is 3.86. The van der Waals surface area contributed by atoms with Crippen LogP contribution in [0.15, 0.2) is 23.2 Å². The van der Waals surface area contributed by atoms with Gasteiger partial charge in [-0.25, -0.2) is 4.79 Å². The second-order valence-electron chi connectivity index (χ2n) is 3.97. The van der Waals surface area contributed by atoms with Gasteiger partial charge >= 0.3 is 6.03 Å². The Morgan fingerprint density at radius 1 is 1.47 bits per heavy atom. The van der Waals surface area contributed by atoms with Crippen LogP contribution in [0.2, 0.25) is 5.02 Å². The smallest absolute Gasteiger partial charge is 0.328 e. The molecule has 0 heterocycles. The molecule has 0 radical (unpaired) electrons. The summed E-state index contributed by atoms with van der Waals surface area (Å²) >= 11 is 6.13. The highest BCUT2D eigenvalue weighted by atomic mass is 35.5. The molecular weight excluding hydrogens is 264 g/mol. The summed E-state index contributed by atoms with van der Waals surface area (Å²) in [6.07, 6.45) is 0.